The van der Waals surface area contributed by atoms with Gasteiger partial charge in [0.25, 0.3) is 0 Å². The van der Waals surface area contributed by atoms with Gasteiger partial charge in [-0.3, -0.25) is 4.79 Å². The van der Waals surface area contributed by atoms with Crippen LogP contribution >= 0.6 is 0 Å². The van der Waals surface area contributed by atoms with Crippen molar-refractivity contribution in [2.45, 2.75) is 19.4 Å². The standard InChI is InChI=1S/C21H22N4O/c1-17-7-9-19(10-8-17)21(18-5-3-2-4-6-18)24-14-11-20(26)25(15-12-22)16-13-23/h2-10,21,24H,11,14-16H2,1H3. The number of hydrogen-bond acceptors (Lipinski definition) is 4. The van der Waals surface area contributed by atoms with E-state index in [1.165, 1.54) is 10.5 Å². The fraction of sp³-hybridized carbons (Fsp3) is 0.286. The molecule has 0 spiro atoms. The summed E-state index contributed by atoms with van der Waals surface area (Å²) in [5, 5.41) is 21.0. The molecule has 2 aromatic carbocycles. The number of amides is 1. The second-order valence-corrected chi connectivity index (χ2v) is 6.02. The molecule has 0 saturated carbocycles. The largest absolute Gasteiger partial charge is 0.316 e. The maximum atomic E-state index is 12.2. The van der Waals surface area contributed by atoms with Crippen LogP contribution in [-0.4, -0.2) is 30.4 Å². The summed E-state index contributed by atoms with van der Waals surface area (Å²) < 4.78 is 0. The maximum absolute atomic E-state index is 12.2. The fourth-order valence-corrected chi connectivity index (χ4v) is 2.72. The Morgan fingerprint density at radius 3 is 2.15 bits per heavy atom. The van der Waals surface area contributed by atoms with Gasteiger partial charge < -0.3 is 10.2 Å². The van der Waals surface area contributed by atoms with E-state index in [0.29, 0.717) is 6.54 Å². The molecule has 2 aromatic rings. The quantitative estimate of drug-likeness (QED) is 0.745. The number of nitrogens with one attached hydrogen (secondary N) is 1. The van der Waals surface area contributed by atoms with Crippen molar-refractivity contribution in [3.8, 4) is 12.1 Å². The summed E-state index contributed by atoms with van der Waals surface area (Å²) in [5.41, 5.74) is 3.44. The lowest BCUT2D eigenvalue weighted by Gasteiger charge is -2.21. The van der Waals surface area contributed by atoms with E-state index in [1.807, 2.05) is 37.3 Å². The van der Waals surface area contributed by atoms with Crippen LogP contribution in [0.25, 0.3) is 0 Å². The minimum atomic E-state index is -0.198. The van der Waals surface area contributed by atoms with Crippen molar-refractivity contribution in [1.29, 1.82) is 10.5 Å². The Labute approximate surface area is 154 Å². The van der Waals surface area contributed by atoms with Crippen LogP contribution in [0, 0.1) is 29.6 Å². The van der Waals surface area contributed by atoms with Crippen molar-refractivity contribution in [3.05, 3.63) is 71.3 Å². The van der Waals surface area contributed by atoms with E-state index in [-0.39, 0.29) is 31.5 Å². The van der Waals surface area contributed by atoms with Crippen molar-refractivity contribution < 1.29 is 4.79 Å². The van der Waals surface area contributed by atoms with Crippen LogP contribution in [0.15, 0.2) is 54.6 Å². The highest BCUT2D eigenvalue weighted by Gasteiger charge is 2.16. The number of rotatable bonds is 8. The Bertz CT molecular complexity index is 772. The van der Waals surface area contributed by atoms with E-state index in [0.717, 1.165) is 11.1 Å². The molecule has 0 heterocycles. The summed E-state index contributed by atoms with van der Waals surface area (Å²) in [6.45, 7) is 2.38. The lowest BCUT2D eigenvalue weighted by molar-refractivity contribution is -0.129. The predicted molar refractivity (Wildman–Crippen MR) is 99.9 cm³/mol. The van der Waals surface area contributed by atoms with Crippen LogP contribution in [0.5, 0.6) is 0 Å². The van der Waals surface area contributed by atoms with Crippen molar-refractivity contribution in [3.63, 3.8) is 0 Å². The molecule has 0 radical (unpaired) electrons. The molecular formula is C21H22N4O. The average Bonchev–Trinajstić information content (AvgIpc) is 2.66. The zero-order chi connectivity index (χ0) is 18.8. The predicted octanol–water partition coefficient (Wildman–Crippen LogP) is 2.94. The number of nitriles is 2. The van der Waals surface area contributed by atoms with Crippen molar-refractivity contribution in [1.82, 2.24) is 10.2 Å². The Morgan fingerprint density at radius 2 is 1.58 bits per heavy atom. The summed E-state index contributed by atoms with van der Waals surface area (Å²) in [7, 11) is 0. The molecule has 0 aliphatic rings. The molecule has 1 N–H and O–H groups in total. The second kappa shape index (κ2) is 9.98. The van der Waals surface area contributed by atoms with Gasteiger partial charge in [-0.2, -0.15) is 10.5 Å². The van der Waals surface area contributed by atoms with Gasteiger partial charge in [-0.25, -0.2) is 0 Å². The topological polar surface area (TPSA) is 79.9 Å². The van der Waals surface area contributed by atoms with Crippen molar-refractivity contribution >= 4 is 5.91 Å². The molecule has 1 atom stereocenters. The smallest absolute Gasteiger partial charge is 0.225 e. The van der Waals surface area contributed by atoms with Crippen molar-refractivity contribution in [2.75, 3.05) is 19.6 Å². The molecule has 0 saturated heterocycles. The van der Waals surface area contributed by atoms with Crippen LogP contribution in [0.2, 0.25) is 0 Å². The third-order valence-corrected chi connectivity index (χ3v) is 4.11. The number of aryl methyl sites for hydroxylation is 1. The number of hydrogen-bond donors (Lipinski definition) is 1. The molecule has 5 heteroatoms. The molecule has 26 heavy (non-hydrogen) atoms. The Balaban J connectivity index is 2.06. The highest BCUT2D eigenvalue weighted by molar-refractivity contribution is 5.76. The monoisotopic (exact) mass is 346 g/mol. The molecule has 0 fully saturated rings. The maximum Gasteiger partial charge on any atom is 0.225 e. The third kappa shape index (κ3) is 5.44. The van der Waals surface area contributed by atoms with Crippen LogP contribution in [0.4, 0.5) is 0 Å². The molecule has 132 valence electrons. The second-order valence-electron chi connectivity index (χ2n) is 6.02. The third-order valence-electron chi connectivity index (χ3n) is 4.11. The molecular weight excluding hydrogens is 324 g/mol. The molecule has 0 aromatic heterocycles. The number of benzene rings is 2. The number of carbonyl (C=O) groups excluding carboxylic acids is 1. The minimum Gasteiger partial charge on any atom is -0.316 e. The van der Waals surface area contributed by atoms with Gasteiger partial charge in [0.2, 0.25) is 5.91 Å². The van der Waals surface area contributed by atoms with E-state index < -0.39 is 0 Å². The van der Waals surface area contributed by atoms with Crippen LogP contribution in [0.1, 0.15) is 29.2 Å². The zero-order valence-corrected chi connectivity index (χ0v) is 14.9. The normalized spacial score (nSPS) is 11.2. The summed E-state index contributed by atoms with van der Waals surface area (Å²) in [4.78, 5) is 13.5. The Hall–Kier alpha value is -3.15. The first-order valence-electron chi connectivity index (χ1n) is 8.52. The van der Waals surface area contributed by atoms with E-state index in [9.17, 15) is 4.79 Å². The molecule has 1 amide bonds. The Kier molecular flexibility index (Phi) is 7.36. The fourth-order valence-electron chi connectivity index (χ4n) is 2.72. The Morgan fingerprint density at radius 1 is 1.00 bits per heavy atom. The van der Waals surface area contributed by atoms with Crippen LogP contribution in [0.3, 0.4) is 0 Å². The van der Waals surface area contributed by atoms with Gasteiger partial charge in [0, 0.05) is 13.0 Å². The molecule has 2 rings (SSSR count). The lowest BCUT2D eigenvalue weighted by atomic mass is 9.98. The summed E-state index contributed by atoms with van der Waals surface area (Å²) >= 11 is 0. The van der Waals surface area contributed by atoms with Gasteiger partial charge in [-0.05, 0) is 18.1 Å². The molecule has 1 unspecified atom stereocenters. The first kappa shape index (κ1) is 19.2. The first-order chi connectivity index (χ1) is 12.7. The first-order valence-corrected chi connectivity index (χ1v) is 8.52. The zero-order valence-electron chi connectivity index (χ0n) is 14.9. The van der Waals surface area contributed by atoms with E-state index >= 15 is 0 Å². The van der Waals surface area contributed by atoms with E-state index in [1.54, 1.807) is 0 Å². The molecule has 5 nitrogen and oxygen atoms in total. The van der Waals surface area contributed by atoms with Gasteiger partial charge in [0.15, 0.2) is 0 Å². The molecule has 0 aliphatic heterocycles. The van der Waals surface area contributed by atoms with Gasteiger partial charge >= 0.3 is 0 Å². The van der Waals surface area contributed by atoms with E-state index in [4.69, 9.17) is 10.5 Å². The summed E-state index contributed by atoms with van der Waals surface area (Å²) in [6, 6.07) is 22.2. The minimum absolute atomic E-state index is 0.0232. The number of nitrogens with zero attached hydrogens (tertiary/aromatic N) is 3. The van der Waals surface area contributed by atoms with Crippen LogP contribution < -0.4 is 5.32 Å². The SMILES string of the molecule is Cc1ccc(C(NCCC(=O)N(CC#N)CC#N)c2ccccc2)cc1. The van der Waals surface area contributed by atoms with Crippen molar-refractivity contribution in [2.24, 2.45) is 0 Å². The lowest BCUT2D eigenvalue weighted by Crippen LogP contribution is -2.34. The molecule has 0 bridgehead atoms. The van der Waals surface area contributed by atoms with Gasteiger partial charge in [-0.15, -0.1) is 0 Å². The summed E-state index contributed by atoms with van der Waals surface area (Å²) in [6.07, 6.45) is 0.235. The van der Waals surface area contributed by atoms with Gasteiger partial charge in [0.05, 0.1) is 18.2 Å². The van der Waals surface area contributed by atoms with Crippen LogP contribution in [-0.2, 0) is 4.79 Å². The van der Waals surface area contributed by atoms with Gasteiger partial charge in [0.1, 0.15) is 13.1 Å². The highest BCUT2D eigenvalue weighted by Crippen LogP contribution is 2.22. The average molecular weight is 346 g/mol. The highest BCUT2D eigenvalue weighted by atomic mass is 16.2. The van der Waals surface area contributed by atoms with E-state index in [2.05, 4.69) is 41.7 Å². The molecule has 0 aliphatic carbocycles. The van der Waals surface area contributed by atoms with Gasteiger partial charge in [-0.1, -0.05) is 60.2 Å². The summed E-state index contributed by atoms with van der Waals surface area (Å²) in [5.74, 6) is -0.198. The number of carbonyl (C=O) groups is 1.